The Bertz CT molecular complexity index is 1670. The van der Waals surface area contributed by atoms with E-state index in [0.717, 1.165) is 37.7 Å². The van der Waals surface area contributed by atoms with E-state index in [9.17, 15) is 32.4 Å². The second-order valence-electron chi connectivity index (χ2n) is 15.2. The van der Waals surface area contributed by atoms with Crippen molar-refractivity contribution in [2.45, 2.75) is 114 Å². The Balaban J connectivity index is 1.41. The molecule has 4 bridgehead atoms. The van der Waals surface area contributed by atoms with Crippen LogP contribution in [0, 0.1) is 11.3 Å². The number of rotatable bonds is 7. The number of cyclic esters (lactones) is 1. The summed E-state index contributed by atoms with van der Waals surface area (Å²) in [4.78, 5) is 69.2. The molecule has 0 aromatic heterocycles. The van der Waals surface area contributed by atoms with Crippen LogP contribution in [-0.4, -0.2) is 92.5 Å². The highest BCUT2D eigenvalue weighted by Crippen LogP contribution is 2.45. The van der Waals surface area contributed by atoms with Gasteiger partial charge in [0.15, 0.2) is 0 Å². The lowest BCUT2D eigenvalue weighted by Gasteiger charge is -2.35. The molecule has 16 heteroatoms. The Labute approximate surface area is 305 Å². The van der Waals surface area contributed by atoms with E-state index in [0.29, 0.717) is 30.7 Å². The molecule has 286 valence electrons. The van der Waals surface area contributed by atoms with Crippen molar-refractivity contribution in [2.24, 2.45) is 11.3 Å². The zero-order valence-corrected chi connectivity index (χ0v) is 31.1. The Morgan fingerprint density at radius 3 is 2.44 bits per heavy atom. The van der Waals surface area contributed by atoms with Crippen molar-refractivity contribution in [3.63, 3.8) is 0 Å². The summed E-state index contributed by atoms with van der Waals surface area (Å²) in [5.41, 5.74) is -1.03. The maximum absolute atomic E-state index is 14.3. The fourth-order valence-electron chi connectivity index (χ4n) is 6.83. The molecule has 52 heavy (non-hydrogen) atoms. The van der Waals surface area contributed by atoms with Crippen molar-refractivity contribution in [3.8, 4) is 5.75 Å². The number of carbonyl (C=O) groups excluding carboxylic acids is 5. The van der Waals surface area contributed by atoms with Gasteiger partial charge in [-0.25, -0.2) is 18.0 Å². The van der Waals surface area contributed by atoms with Crippen LogP contribution in [0.5, 0.6) is 5.75 Å². The van der Waals surface area contributed by atoms with Gasteiger partial charge in [0.1, 0.15) is 29.5 Å². The number of alkyl carbamates (subject to hydrolysis) is 1. The number of sulfonamides is 1. The summed E-state index contributed by atoms with van der Waals surface area (Å²) >= 11 is 0. The van der Waals surface area contributed by atoms with E-state index in [4.69, 9.17) is 14.2 Å². The Kier molecular flexibility index (Phi) is 11.8. The van der Waals surface area contributed by atoms with Gasteiger partial charge in [0.2, 0.25) is 21.8 Å². The van der Waals surface area contributed by atoms with Gasteiger partial charge in [-0.3, -0.25) is 24.4 Å². The standard InChI is InChI=1S/C36H51N5O10S/c1-6-23-20-36(23,32(44)40-52(47,48)26-14-15-26)39-30(42)27-19-25-21-41(27)31(43)29(35(2,3)4)38-33(45)50-17-11-9-7-8-10-12-22-18-24(37-34(46)51-25)13-16-28(22)49-5/h6,13,16,18,23,25-27,29H,1,7-12,14-15,17,19-21H2,2-5H3,(H,37,46)(H,38,45)(H,39,42)(H,40,44)/t23-,25-,27+,29-,36-/m1/s1. The van der Waals surface area contributed by atoms with E-state index in [-0.39, 0.29) is 26.0 Å². The van der Waals surface area contributed by atoms with Crippen LogP contribution in [0.4, 0.5) is 15.3 Å². The van der Waals surface area contributed by atoms with Gasteiger partial charge in [-0.15, -0.1) is 6.58 Å². The lowest BCUT2D eigenvalue weighted by molar-refractivity contribution is -0.142. The number of anilines is 1. The highest BCUT2D eigenvalue weighted by atomic mass is 32.2. The quantitative estimate of drug-likeness (QED) is 0.300. The van der Waals surface area contributed by atoms with Crippen molar-refractivity contribution in [2.75, 3.05) is 25.6 Å². The lowest BCUT2D eigenvalue weighted by Crippen LogP contribution is -2.60. The fourth-order valence-corrected chi connectivity index (χ4v) is 8.20. The van der Waals surface area contributed by atoms with Crippen molar-refractivity contribution < 1.29 is 46.6 Å². The molecule has 2 saturated carbocycles. The van der Waals surface area contributed by atoms with Crippen molar-refractivity contribution in [1.29, 1.82) is 0 Å². The molecule has 4 N–H and O–H groups in total. The Hall–Kier alpha value is -4.34. The van der Waals surface area contributed by atoms with Crippen LogP contribution in [0.1, 0.15) is 84.1 Å². The molecule has 0 spiro atoms. The first-order chi connectivity index (χ1) is 24.6. The van der Waals surface area contributed by atoms with Crippen LogP contribution in [0.15, 0.2) is 30.9 Å². The normalized spacial score (nSPS) is 27.8. The van der Waals surface area contributed by atoms with Crippen molar-refractivity contribution in [3.05, 3.63) is 36.4 Å². The molecule has 5 atom stereocenters. The van der Waals surface area contributed by atoms with Crippen molar-refractivity contribution in [1.82, 2.24) is 20.3 Å². The minimum absolute atomic E-state index is 0.110. The van der Waals surface area contributed by atoms with E-state index in [1.165, 1.54) is 11.0 Å². The molecular formula is C36H51N5O10S. The first kappa shape index (κ1) is 38.9. The molecule has 2 aliphatic carbocycles. The predicted octanol–water partition coefficient (Wildman–Crippen LogP) is 3.53. The highest BCUT2D eigenvalue weighted by molar-refractivity contribution is 7.91. The maximum Gasteiger partial charge on any atom is 0.411 e. The SMILES string of the molecule is C=C[C@@H]1C[C@]1(NC(=O)[C@@H]1C[C@@H]2CN1C(=O)[C@H](C(C)(C)C)NC(=O)OCCCCCCCc1cc(ccc1OC)NC(=O)O2)C(=O)NS(=O)(=O)C1CC1. The molecule has 4 aliphatic rings. The minimum Gasteiger partial charge on any atom is -0.496 e. The molecule has 5 rings (SSSR count). The molecule has 15 nitrogen and oxygen atoms in total. The monoisotopic (exact) mass is 745 g/mol. The number of carbonyl (C=O) groups is 5. The highest BCUT2D eigenvalue weighted by Gasteiger charge is 2.62. The number of nitrogens with zero attached hydrogens (tertiary/aromatic N) is 1. The lowest BCUT2D eigenvalue weighted by atomic mass is 9.85. The van der Waals surface area contributed by atoms with Gasteiger partial charge in [-0.1, -0.05) is 46.1 Å². The van der Waals surface area contributed by atoms with Crippen LogP contribution in [0.3, 0.4) is 0 Å². The maximum atomic E-state index is 14.3. The van der Waals surface area contributed by atoms with E-state index < -0.39 is 80.2 Å². The molecule has 0 radical (unpaired) electrons. The van der Waals surface area contributed by atoms with E-state index in [2.05, 4.69) is 27.3 Å². The molecule has 5 amide bonds. The summed E-state index contributed by atoms with van der Waals surface area (Å²) in [6.07, 6.45) is 4.75. The Morgan fingerprint density at radius 1 is 1.08 bits per heavy atom. The third kappa shape index (κ3) is 9.17. The smallest absolute Gasteiger partial charge is 0.411 e. The molecular weight excluding hydrogens is 694 g/mol. The van der Waals surface area contributed by atoms with Crippen LogP contribution >= 0.6 is 0 Å². The number of nitrogens with one attached hydrogen (secondary N) is 4. The van der Waals surface area contributed by atoms with Gasteiger partial charge in [0, 0.05) is 18.0 Å². The molecule has 3 fully saturated rings. The van der Waals surface area contributed by atoms with Gasteiger partial charge in [0.05, 0.1) is 25.5 Å². The predicted molar refractivity (Wildman–Crippen MR) is 191 cm³/mol. The number of aryl methyl sites for hydroxylation is 1. The zero-order valence-electron chi connectivity index (χ0n) is 30.3. The largest absolute Gasteiger partial charge is 0.496 e. The number of benzene rings is 1. The molecule has 1 aromatic rings. The van der Waals surface area contributed by atoms with E-state index in [1.807, 2.05) is 6.07 Å². The number of methoxy groups -OCH3 is 1. The van der Waals surface area contributed by atoms with Gasteiger partial charge < -0.3 is 29.7 Å². The van der Waals surface area contributed by atoms with Gasteiger partial charge >= 0.3 is 12.2 Å². The first-order valence-electron chi connectivity index (χ1n) is 18.0. The summed E-state index contributed by atoms with van der Waals surface area (Å²) in [5.74, 6) is -2.10. The second kappa shape index (κ2) is 15.7. The topological polar surface area (TPSA) is 199 Å². The molecule has 1 aromatic carbocycles. The summed E-state index contributed by atoms with van der Waals surface area (Å²) in [6, 6.07) is 2.89. The number of fused-ring (bicyclic) bond motifs is 4. The van der Waals surface area contributed by atoms with Crippen LogP contribution in [-0.2, 0) is 40.3 Å². The molecule has 0 unspecified atom stereocenters. The summed E-state index contributed by atoms with van der Waals surface area (Å²) in [7, 11) is -2.33. The number of amides is 5. The first-order valence-corrected chi connectivity index (χ1v) is 19.5. The minimum atomic E-state index is -3.92. The number of hydrogen-bond donors (Lipinski definition) is 4. The zero-order chi connectivity index (χ0) is 37.8. The molecule has 2 aliphatic heterocycles. The average Bonchev–Trinajstić information content (AvgIpc) is 4.00. The van der Waals surface area contributed by atoms with E-state index >= 15 is 0 Å². The third-order valence-electron chi connectivity index (χ3n) is 10.1. The fraction of sp³-hybridized carbons (Fsp3) is 0.639. The second-order valence-corrected chi connectivity index (χ2v) is 17.2. The van der Waals surface area contributed by atoms with Crippen LogP contribution in [0.2, 0.25) is 0 Å². The van der Waals surface area contributed by atoms with Gasteiger partial charge in [-0.2, -0.15) is 0 Å². The summed E-state index contributed by atoms with van der Waals surface area (Å²) in [5, 5.41) is 7.48. The number of hydrogen-bond acceptors (Lipinski definition) is 10. The summed E-state index contributed by atoms with van der Waals surface area (Å²) < 4.78 is 44.1. The van der Waals surface area contributed by atoms with Crippen molar-refractivity contribution >= 4 is 45.6 Å². The number of ether oxygens (including phenoxy) is 3. The van der Waals surface area contributed by atoms with Crippen LogP contribution < -0.4 is 25.4 Å². The van der Waals surface area contributed by atoms with Gasteiger partial charge in [-0.05, 0) is 67.7 Å². The average molecular weight is 746 g/mol. The molecule has 2 heterocycles. The Morgan fingerprint density at radius 2 is 1.79 bits per heavy atom. The van der Waals surface area contributed by atoms with Gasteiger partial charge in [0.25, 0.3) is 5.91 Å². The summed E-state index contributed by atoms with van der Waals surface area (Å²) in [6.45, 7) is 8.97. The third-order valence-corrected chi connectivity index (χ3v) is 11.9. The molecule has 1 saturated heterocycles. The van der Waals surface area contributed by atoms with Crippen LogP contribution in [0.25, 0.3) is 0 Å². The van der Waals surface area contributed by atoms with E-state index in [1.54, 1.807) is 40.0 Å².